The highest BCUT2D eigenvalue weighted by molar-refractivity contribution is 7.89. The smallest absolute Gasteiger partial charge is 0.253 e. The van der Waals surface area contributed by atoms with E-state index in [-0.39, 0.29) is 22.6 Å². The number of nitrogens with one attached hydrogen (secondary N) is 1. The first kappa shape index (κ1) is 22.0. The van der Waals surface area contributed by atoms with Crippen molar-refractivity contribution in [1.29, 1.82) is 0 Å². The number of amides is 2. The van der Waals surface area contributed by atoms with E-state index >= 15 is 0 Å². The van der Waals surface area contributed by atoms with E-state index < -0.39 is 10.0 Å². The Hall–Kier alpha value is -2.71. The predicted octanol–water partition coefficient (Wildman–Crippen LogP) is 1.85. The lowest BCUT2D eigenvalue weighted by molar-refractivity contribution is -0.126. The van der Waals surface area contributed by atoms with Gasteiger partial charge in [0.05, 0.1) is 10.8 Å². The number of rotatable bonds is 6. The molecule has 2 aromatic rings. The van der Waals surface area contributed by atoms with Crippen molar-refractivity contribution in [1.82, 2.24) is 10.2 Å². The molecule has 1 fully saturated rings. The number of benzene rings is 2. The highest BCUT2D eigenvalue weighted by Gasteiger charge is 2.28. The van der Waals surface area contributed by atoms with Crippen molar-refractivity contribution >= 4 is 21.8 Å². The summed E-state index contributed by atoms with van der Waals surface area (Å²) in [6.07, 6.45) is 2.13. The number of hydrogen-bond donors (Lipinski definition) is 2. The number of hydrogen-bond acceptors (Lipinski definition) is 4. The van der Waals surface area contributed by atoms with Crippen molar-refractivity contribution in [3.8, 4) is 0 Å². The number of carbonyl (C=O) groups excluding carboxylic acids is 2. The van der Waals surface area contributed by atoms with E-state index in [9.17, 15) is 18.0 Å². The Bertz CT molecular complexity index is 1000. The maximum absolute atomic E-state index is 12.7. The molecule has 1 atom stereocenters. The van der Waals surface area contributed by atoms with Crippen molar-refractivity contribution in [2.75, 3.05) is 19.6 Å². The topological polar surface area (TPSA) is 110 Å². The standard InChI is InChI=1S/C22H27N3O4S/c1-16-4-8-18(9-5-16)22(27)25-14-2-3-19(15-25)21(26)24-13-12-17-6-10-20(11-7-17)30(23,28)29/h4-11,19H,2-3,12-15H2,1H3,(H,24,26)(H2,23,28,29). The first-order valence-corrected chi connectivity index (χ1v) is 11.5. The van der Waals surface area contributed by atoms with Gasteiger partial charge in [0.25, 0.3) is 5.91 Å². The summed E-state index contributed by atoms with van der Waals surface area (Å²) in [5.41, 5.74) is 2.65. The van der Waals surface area contributed by atoms with Gasteiger partial charge < -0.3 is 10.2 Å². The van der Waals surface area contributed by atoms with Crippen molar-refractivity contribution in [3.63, 3.8) is 0 Å². The first-order chi connectivity index (χ1) is 14.2. The number of likely N-dealkylation sites (tertiary alicyclic amines) is 1. The lowest BCUT2D eigenvalue weighted by Crippen LogP contribution is -2.45. The molecule has 0 spiro atoms. The predicted molar refractivity (Wildman–Crippen MR) is 114 cm³/mol. The van der Waals surface area contributed by atoms with Crippen molar-refractivity contribution < 1.29 is 18.0 Å². The summed E-state index contributed by atoms with van der Waals surface area (Å²) in [5.74, 6) is -0.321. The van der Waals surface area contributed by atoms with Crippen LogP contribution < -0.4 is 10.5 Å². The van der Waals surface area contributed by atoms with E-state index in [4.69, 9.17) is 5.14 Å². The Morgan fingerprint density at radius 3 is 2.40 bits per heavy atom. The minimum atomic E-state index is -3.70. The molecular formula is C22H27N3O4S. The molecule has 0 aromatic heterocycles. The quantitative estimate of drug-likeness (QED) is 0.730. The molecule has 1 aliphatic rings. The molecule has 3 N–H and O–H groups in total. The van der Waals surface area contributed by atoms with Crippen LogP contribution in [-0.2, 0) is 21.2 Å². The average molecular weight is 430 g/mol. The van der Waals surface area contributed by atoms with Crippen molar-refractivity contribution in [2.45, 2.75) is 31.1 Å². The molecule has 7 nitrogen and oxygen atoms in total. The molecule has 2 aromatic carbocycles. The minimum Gasteiger partial charge on any atom is -0.355 e. The summed E-state index contributed by atoms with van der Waals surface area (Å²) >= 11 is 0. The van der Waals surface area contributed by atoms with Gasteiger partial charge in [-0.2, -0.15) is 0 Å². The van der Waals surface area contributed by atoms with E-state index in [1.54, 1.807) is 17.0 Å². The largest absolute Gasteiger partial charge is 0.355 e. The van der Waals surface area contributed by atoms with Crippen LogP contribution in [0.1, 0.15) is 34.3 Å². The van der Waals surface area contributed by atoms with Crippen LogP contribution in [0.15, 0.2) is 53.4 Å². The van der Waals surface area contributed by atoms with Gasteiger partial charge >= 0.3 is 0 Å². The van der Waals surface area contributed by atoms with Gasteiger partial charge in [-0.1, -0.05) is 29.8 Å². The molecule has 30 heavy (non-hydrogen) atoms. The normalized spacial score (nSPS) is 16.9. The average Bonchev–Trinajstić information content (AvgIpc) is 2.73. The van der Waals surface area contributed by atoms with Gasteiger partial charge in [-0.15, -0.1) is 0 Å². The molecule has 3 rings (SSSR count). The Labute approximate surface area is 177 Å². The number of aryl methyl sites for hydroxylation is 1. The molecule has 8 heteroatoms. The zero-order valence-corrected chi connectivity index (χ0v) is 17.8. The minimum absolute atomic E-state index is 0.0394. The number of piperidine rings is 1. The monoisotopic (exact) mass is 429 g/mol. The van der Waals surface area contributed by atoms with Gasteiger partial charge in [-0.3, -0.25) is 9.59 Å². The third kappa shape index (κ3) is 5.67. The van der Waals surface area contributed by atoms with Crippen LogP contribution in [0.5, 0.6) is 0 Å². The number of carbonyl (C=O) groups is 2. The SMILES string of the molecule is Cc1ccc(C(=O)N2CCCC(C(=O)NCCc3ccc(S(N)(=O)=O)cc3)C2)cc1. The zero-order valence-electron chi connectivity index (χ0n) is 17.0. The van der Waals surface area contributed by atoms with Gasteiger partial charge in [0.15, 0.2) is 0 Å². The van der Waals surface area contributed by atoms with Crippen LogP contribution in [-0.4, -0.2) is 44.8 Å². The second kappa shape index (κ2) is 9.40. The van der Waals surface area contributed by atoms with Crippen LogP contribution >= 0.6 is 0 Å². The van der Waals surface area contributed by atoms with Gasteiger partial charge in [-0.05, 0) is 56.0 Å². The van der Waals surface area contributed by atoms with E-state index in [0.29, 0.717) is 31.6 Å². The molecule has 1 unspecified atom stereocenters. The Morgan fingerprint density at radius 1 is 1.10 bits per heavy atom. The summed E-state index contributed by atoms with van der Waals surface area (Å²) in [4.78, 5) is 27.1. The summed E-state index contributed by atoms with van der Waals surface area (Å²) in [5, 5.41) is 8.03. The third-order valence-electron chi connectivity index (χ3n) is 5.34. The lowest BCUT2D eigenvalue weighted by Gasteiger charge is -2.32. The first-order valence-electron chi connectivity index (χ1n) is 9.99. The number of primary sulfonamides is 1. The summed E-state index contributed by atoms with van der Waals surface area (Å²) in [6, 6.07) is 13.8. The fraction of sp³-hybridized carbons (Fsp3) is 0.364. The second-order valence-corrected chi connectivity index (χ2v) is 9.25. The Balaban J connectivity index is 1.50. The van der Waals surface area contributed by atoms with E-state index in [2.05, 4.69) is 5.32 Å². The number of nitrogens with two attached hydrogens (primary N) is 1. The zero-order chi connectivity index (χ0) is 21.7. The molecule has 0 aliphatic carbocycles. The second-order valence-electron chi connectivity index (χ2n) is 7.69. The van der Waals surface area contributed by atoms with E-state index in [1.165, 1.54) is 12.1 Å². The van der Waals surface area contributed by atoms with Gasteiger partial charge in [-0.25, -0.2) is 13.6 Å². The van der Waals surface area contributed by atoms with E-state index in [0.717, 1.165) is 24.0 Å². The summed E-state index contributed by atoms with van der Waals surface area (Å²) in [6.45, 7) is 3.49. The number of nitrogens with zero attached hydrogens (tertiary/aromatic N) is 1. The van der Waals surface area contributed by atoms with Gasteiger partial charge in [0, 0.05) is 25.2 Å². The van der Waals surface area contributed by atoms with Crippen LogP contribution in [0.25, 0.3) is 0 Å². The molecule has 160 valence electrons. The molecule has 1 heterocycles. The molecular weight excluding hydrogens is 402 g/mol. The van der Waals surface area contributed by atoms with Gasteiger partial charge in [0.2, 0.25) is 15.9 Å². The maximum atomic E-state index is 12.7. The van der Waals surface area contributed by atoms with Crippen LogP contribution in [0.2, 0.25) is 0 Å². The van der Waals surface area contributed by atoms with Gasteiger partial charge in [0.1, 0.15) is 0 Å². The van der Waals surface area contributed by atoms with Crippen LogP contribution in [0.4, 0.5) is 0 Å². The molecule has 0 bridgehead atoms. The fourth-order valence-electron chi connectivity index (χ4n) is 3.57. The lowest BCUT2D eigenvalue weighted by atomic mass is 9.96. The summed E-state index contributed by atoms with van der Waals surface area (Å²) < 4.78 is 22.6. The highest BCUT2D eigenvalue weighted by Crippen LogP contribution is 2.19. The molecule has 1 saturated heterocycles. The van der Waals surface area contributed by atoms with E-state index in [1.807, 2.05) is 31.2 Å². The van der Waals surface area contributed by atoms with Crippen molar-refractivity contribution in [3.05, 3.63) is 65.2 Å². The Kier molecular flexibility index (Phi) is 6.89. The third-order valence-corrected chi connectivity index (χ3v) is 6.27. The van der Waals surface area contributed by atoms with Crippen LogP contribution in [0, 0.1) is 12.8 Å². The number of sulfonamides is 1. The maximum Gasteiger partial charge on any atom is 0.253 e. The molecule has 0 radical (unpaired) electrons. The Morgan fingerprint density at radius 2 is 1.77 bits per heavy atom. The molecule has 1 aliphatic heterocycles. The highest BCUT2D eigenvalue weighted by atomic mass is 32.2. The fourth-order valence-corrected chi connectivity index (χ4v) is 4.09. The molecule has 0 saturated carbocycles. The van der Waals surface area contributed by atoms with Crippen LogP contribution in [0.3, 0.4) is 0 Å². The summed E-state index contributed by atoms with van der Waals surface area (Å²) in [7, 11) is -3.70. The van der Waals surface area contributed by atoms with Crippen molar-refractivity contribution in [2.24, 2.45) is 11.1 Å². The molecule has 2 amide bonds.